The number of carbonyl (C=O) groups excluding carboxylic acids is 3. The Morgan fingerprint density at radius 3 is 2.18 bits per heavy atom. The minimum atomic E-state index is -1.21. The first-order valence-corrected chi connectivity index (χ1v) is 15.0. The third kappa shape index (κ3) is 9.49. The van der Waals surface area contributed by atoms with Crippen molar-refractivity contribution in [3.63, 3.8) is 0 Å². The summed E-state index contributed by atoms with van der Waals surface area (Å²) < 4.78 is 5.49. The van der Waals surface area contributed by atoms with Crippen molar-refractivity contribution in [1.29, 1.82) is 0 Å². The molecule has 0 spiro atoms. The molecule has 236 valence electrons. The maximum Gasteiger partial charge on any atom is 0.408 e. The number of carbonyl (C=O) groups is 3. The van der Waals surface area contributed by atoms with Crippen LogP contribution in [0.3, 0.4) is 0 Å². The molecule has 0 saturated heterocycles. The molecule has 0 bridgehead atoms. The number of nitrogens with zero attached hydrogens (tertiary/aromatic N) is 1. The second-order valence-electron chi connectivity index (χ2n) is 12.0. The molecule has 0 fully saturated rings. The van der Waals surface area contributed by atoms with Gasteiger partial charge in [-0.2, -0.15) is 0 Å². The lowest BCUT2D eigenvalue weighted by Crippen LogP contribution is -2.53. The van der Waals surface area contributed by atoms with Gasteiger partial charge in [0.05, 0.1) is 0 Å². The number of phenols is 2. The van der Waals surface area contributed by atoms with Crippen molar-refractivity contribution in [3.05, 3.63) is 89.0 Å². The summed E-state index contributed by atoms with van der Waals surface area (Å²) >= 11 is 0. The van der Waals surface area contributed by atoms with Gasteiger partial charge in [0.25, 0.3) is 5.91 Å². The fourth-order valence-corrected chi connectivity index (χ4v) is 4.88. The summed E-state index contributed by atoms with van der Waals surface area (Å²) in [5.74, 6) is -1.02. The highest BCUT2D eigenvalue weighted by atomic mass is 16.6. The molecule has 9 heteroatoms. The molecule has 3 rings (SSSR count). The van der Waals surface area contributed by atoms with E-state index in [0.29, 0.717) is 23.2 Å². The van der Waals surface area contributed by atoms with E-state index in [0.717, 1.165) is 18.4 Å². The van der Waals surface area contributed by atoms with Gasteiger partial charge in [-0.05, 0) is 75.9 Å². The molecule has 0 aromatic heterocycles. The number of benzene rings is 3. The van der Waals surface area contributed by atoms with Crippen molar-refractivity contribution in [1.82, 2.24) is 10.2 Å². The van der Waals surface area contributed by atoms with E-state index in [1.807, 2.05) is 32.0 Å². The number of phenolic OH excluding ortho intramolecular Hbond substituents is 2. The third-order valence-corrected chi connectivity index (χ3v) is 7.18. The Bertz CT molecular complexity index is 1430. The molecule has 0 saturated carbocycles. The molecule has 3 aromatic carbocycles. The highest BCUT2D eigenvalue weighted by Gasteiger charge is 2.37. The summed E-state index contributed by atoms with van der Waals surface area (Å²) in [7, 11) is 0. The molecule has 0 aliphatic carbocycles. The minimum absolute atomic E-state index is 0.0702. The van der Waals surface area contributed by atoms with Crippen LogP contribution in [0.4, 0.5) is 10.5 Å². The maximum absolute atomic E-state index is 14.6. The van der Waals surface area contributed by atoms with Crippen molar-refractivity contribution in [2.75, 3.05) is 11.9 Å². The summed E-state index contributed by atoms with van der Waals surface area (Å²) in [6.45, 7) is 11.0. The van der Waals surface area contributed by atoms with Gasteiger partial charge in [0.2, 0.25) is 5.91 Å². The number of nitrogens with one attached hydrogen (secondary N) is 2. The Balaban J connectivity index is 2.12. The van der Waals surface area contributed by atoms with Crippen molar-refractivity contribution >= 4 is 23.6 Å². The van der Waals surface area contributed by atoms with Gasteiger partial charge in [-0.3, -0.25) is 9.59 Å². The quantitative estimate of drug-likeness (QED) is 0.174. The average Bonchev–Trinajstić information content (AvgIpc) is 2.95. The van der Waals surface area contributed by atoms with Gasteiger partial charge >= 0.3 is 6.09 Å². The predicted molar refractivity (Wildman–Crippen MR) is 172 cm³/mol. The number of hydrogen-bond donors (Lipinski definition) is 4. The van der Waals surface area contributed by atoms with Crippen LogP contribution >= 0.6 is 0 Å². The van der Waals surface area contributed by atoms with Gasteiger partial charge in [0, 0.05) is 24.2 Å². The highest BCUT2D eigenvalue weighted by molar-refractivity contribution is 6.00. The standard InChI is InChI=1S/C35H45N3O6/c1-7-8-11-21-38(33(42)29(37-34(43)44-35(4,5)6)22-25-17-19-26(39)20-18-25)30(27-15-12-14-24(3)31(27)40)32(41)36-28-16-10-9-13-23(28)2/h9-10,12-20,29-30,39-40H,7-8,11,21-22H2,1-6H3,(H,36,41)(H,37,43). The summed E-state index contributed by atoms with van der Waals surface area (Å²) in [6.07, 6.45) is 1.58. The van der Waals surface area contributed by atoms with Gasteiger partial charge < -0.3 is 30.5 Å². The second-order valence-corrected chi connectivity index (χ2v) is 12.0. The van der Waals surface area contributed by atoms with Crippen molar-refractivity contribution in [3.8, 4) is 11.5 Å². The Kier molecular flexibility index (Phi) is 11.8. The number of hydrogen-bond acceptors (Lipinski definition) is 6. The normalized spacial score (nSPS) is 12.6. The predicted octanol–water partition coefficient (Wildman–Crippen LogP) is 6.55. The molecular weight excluding hydrogens is 558 g/mol. The number of unbranched alkanes of at least 4 members (excludes halogenated alkanes) is 2. The topological polar surface area (TPSA) is 128 Å². The molecule has 3 aromatic rings. The number of aryl methyl sites for hydroxylation is 2. The highest BCUT2D eigenvalue weighted by Crippen LogP contribution is 2.34. The monoisotopic (exact) mass is 603 g/mol. The van der Waals surface area contributed by atoms with E-state index in [9.17, 15) is 24.6 Å². The Morgan fingerprint density at radius 2 is 1.55 bits per heavy atom. The summed E-state index contributed by atoms with van der Waals surface area (Å²) in [5, 5.41) is 26.7. The van der Waals surface area contributed by atoms with Gasteiger partial charge in [-0.25, -0.2) is 4.79 Å². The van der Waals surface area contributed by atoms with Gasteiger partial charge in [-0.1, -0.05) is 68.3 Å². The number of rotatable bonds is 12. The van der Waals surface area contributed by atoms with Crippen LogP contribution in [0.1, 0.15) is 75.3 Å². The Morgan fingerprint density at radius 1 is 0.886 bits per heavy atom. The van der Waals surface area contributed by atoms with E-state index in [-0.39, 0.29) is 30.0 Å². The molecule has 0 aliphatic heterocycles. The van der Waals surface area contributed by atoms with E-state index in [1.54, 1.807) is 64.1 Å². The number of alkyl carbamates (subject to hydrolysis) is 1. The summed E-state index contributed by atoms with van der Waals surface area (Å²) in [5.41, 5.74) is 2.15. The van der Waals surface area contributed by atoms with Crippen molar-refractivity contribution in [2.24, 2.45) is 0 Å². The maximum atomic E-state index is 14.6. The molecule has 2 atom stereocenters. The SMILES string of the molecule is CCCCCN(C(=O)C(Cc1ccc(O)cc1)NC(=O)OC(C)(C)C)C(C(=O)Nc1ccccc1C)c1cccc(C)c1O. The Labute approximate surface area is 260 Å². The minimum Gasteiger partial charge on any atom is -0.508 e. The van der Waals surface area contributed by atoms with Crippen LogP contribution in [0.15, 0.2) is 66.7 Å². The van der Waals surface area contributed by atoms with Crippen LogP contribution in [0.2, 0.25) is 0 Å². The molecule has 9 nitrogen and oxygen atoms in total. The zero-order valence-corrected chi connectivity index (χ0v) is 26.5. The van der Waals surface area contributed by atoms with Crippen LogP contribution in [0.25, 0.3) is 0 Å². The largest absolute Gasteiger partial charge is 0.508 e. The van der Waals surface area contributed by atoms with Crippen LogP contribution < -0.4 is 10.6 Å². The summed E-state index contributed by atoms with van der Waals surface area (Å²) in [4.78, 5) is 43.2. The zero-order chi connectivity index (χ0) is 32.4. The van der Waals surface area contributed by atoms with Crippen LogP contribution in [0.5, 0.6) is 11.5 Å². The zero-order valence-electron chi connectivity index (χ0n) is 26.5. The smallest absolute Gasteiger partial charge is 0.408 e. The summed E-state index contributed by atoms with van der Waals surface area (Å²) in [6, 6.07) is 16.5. The van der Waals surface area contributed by atoms with Crippen molar-refractivity contribution in [2.45, 2.75) is 84.9 Å². The first-order chi connectivity index (χ1) is 20.8. The molecule has 0 radical (unpaired) electrons. The number of ether oxygens (including phenoxy) is 1. The fraction of sp³-hybridized carbons (Fsp3) is 0.400. The van der Waals surface area contributed by atoms with Crippen LogP contribution in [-0.2, 0) is 20.7 Å². The van der Waals surface area contributed by atoms with Gasteiger partial charge in [-0.15, -0.1) is 0 Å². The number of aromatic hydroxyl groups is 2. The van der Waals surface area contributed by atoms with Gasteiger partial charge in [0.15, 0.2) is 0 Å². The first-order valence-electron chi connectivity index (χ1n) is 15.0. The Hall–Kier alpha value is -4.53. The molecule has 3 amide bonds. The first kappa shape index (κ1) is 34.0. The van der Waals surface area contributed by atoms with Gasteiger partial charge in [0.1, 0.15) is 29.2 Å². The molecule has 0 aliphatic rings. The van der Waals surface area contributed by atoms with Crippen molar-refractivity contribution < 1.29 is 29.3 Å². The van der Waals surface area contributed by atoms with Crippen LogP contribution in [-0.4, -0.2) is 51.2 Å². The number of amides is 3. The van der Waals surface area contributed by atoms with E-state index in [2.05, 4.69) is 10.6 Å². The average molecular weight is 604 g/mol. The molecule has 44 heavy (non-hydrogen) atoms. The van der Waals surface area contributed by atoms with E-state index >= 15 is 0 Å². The lowest BCUT2D eigenvalue weighted by atomic mass is 9.97. The third-order valence-electron chi connectivity index (χ3n) is 7.18. The number of anilines is 1. The lowest BCUT2D eigenvalue weighted by Gasteiger charge is -2.35. The van der Waals surface area contributed by atoms with E-state index in [4.69, 9.17) is 4.74 Å². The lowest BCUT2D eigenvalue weighted by molar-refractivity contribution is -0.141. The van der Waals surface area contributed by atoms with E-state index < -0.39 is 35.6 Å². The second kappa shape index (κ2) is 15.3. The molecule has 4 N–H and O–H groups in total. The number of para-hydroxylation sites is 2. The molecular formula is C35H45N3O6. The molecule has 2 unspecified atom stereocenters. The van der Waals surface area contributed by atoms with E-state index in [1.165, 1.54) is 17.0 Å². The molecule has 0 heterocycles. The fourth-order valence-electron chi connectivity index (χ4n) is 4.88. The van der Waals surface area contributed by atoms with Crippen LogP contribution in [0, 0.1) is 13.8 Å².